The monoisotopic (exact) mass is 184 g/mol. The highest BCUT2D eigenvalue weighted by molar-refractivity contribution is 5.77. The van der Waals surface area contributed by atoms with Gasteiger partial charge in [-0.3, -0.25) is 4.79 Å². The predicted molar refractivity (Wildman–Crippen MR) is 47.8 cm³/mol. The van der Waals surface area contributed by atoms with Gasteiger partial charge in [0.15, 0.2) is 0 Å². The number of hydrogen-bond donors (Lipinski definition) is 1. The second kappa shape index (κ2) is 2.71. The summed E-state index contributed by atoms with van der Waals surface area (Å²) in [4.78, 5) is 11.6. The van der Waals surface area contributed by atoms with Crippen molar-refractivity contribution in [3.05, 3.63) is 0 Å². The fourth-order valence-electron chi connectivity index (χ4n) is 2.79. The fraction of sp³-hybridized carbons (Fsp3) is 0.900. The maximum Gasteiger partial charge on any atom is 0.311 e. The van der Waals surface area contributed by atoms with Crippen molar-refractivity contribution >= 4 is 5.97 Å². The van der Waals surface area contributed by atoms with Gasteiger partial charge in [-0.2, -0.15) is 0 Å². The Labute approximate surface area is 78.6 Å². The molecule has 3 rings (SSSR count). The van der Waals surface area contributed by atoms with E-state index >= 15 is 0 Å². The smallest absolute Gasteiger partial charge is 0.311 e. The Bertz CT molecular complexity index is 213. The van der Waals surface area contributed by atoms with E-state index < -0.39 is 0 Å². The average molecular weight is 184 g/mol. The van der Waals surface area contributed by atoms with Gasteiger partial charge < -0.3 is 10.5 Å². The zero-order valence-corrected chi connectivity index (χ0v) is 8.27. The highest BCUT2D eigenvalue weighted by Crippen LogP contribution is 2.50. The average Bonchev–Trinajstić information content (AvgIpc) is 2.18. The van der Waals surface area contributed by atoms with Crippen molar-refractivity contribution in [3.8, 4) is 0 Å². The first-order valence-electron chi connectivity index (χ1n) is 5.04. The third-order valence-corrected chi connectivity index (χ3v) is 4.02. The van der Waals surface area contributed by atoms with Gasteiger partial charge in [0.05, 0.1) is 18.1 Å². The Morgan fingerprint density at radius 1 is 1.15 bits per heavy atom. The zero-order chi connectivity index (χ0) is 9.53. The summed E-state index contributed by atoms with van der Waals surface area (Å²) in [6.07, 6.45) is 6.27. The van der Waals surface area contributed by atoms with E-state index in [2.05, 4.69) is 5.73 Å². The molecule has 0 aromatic carbocycles. The Morgan fingerprint density at radius 3 is 2.00 bits per heavy atom. The summed E-state index contributed by atoms with van der Waals surface area (Å²) >= 11 is 0. The third-order valence-electron chi connectivity index (χ3n) is 4.02. The lowest BCUT2D eigenvalue weighted by Gasteiger charge is -2.47. The molecule has 0 spiro atoms. The largest absolute Gasteiger partial charge is 0.469 e. The summed E-state index contributed by atoms with van der Waals surface area (Å²) in [7, 11) is 1.50. The number of esters is 1. The number of rotatable bonds is 1. The number of ether oxygens (including phenoxy) is 1. The van der Waals surface area contributed by atoms with E-state index in [1.807, 2.05) is 0 Å². The molecular formula is C10H18NO2+. The van der Waals surface area contributed by atoms with Crippen LogP contribution in [0.3, 0.4) is 0 Å². The summed E-state index contributed by atoms with van der Waals surface area (Å²) in [5.74, 6) is 0.00856. The molecule has 0 saturated heterocycles. The topological polar surface area (TPSA) is 53.9 Å². The molecule has 74 valence electrons. The Balaban J connectivity index is 2.15. The summed E-state index contributed by atoms with van der Waals surface area (Å²) < 4.78 is 4.88. The number of hydrogen-bond acceptors (Lipinski definition) is 2. The van der Waals surface area contributed by atoms with E-state index in [1.54, 1.807) is 0 Å². The first-order valence-corrected chi connectivity index (χ1v) is 5.04. The summed E-state index contributed by atoms with van der Waals surface area (Å²) in [6.45, 7) is 0. The van der Waals surface area contributed by atoms with Crippen molar-refractivity contribution < 1.29 is 15.3 Å². The van der Waals surface area contributed by atoms with Crippen LogP contribution >= 0.6 is 0 Å². The van der Waals surface area contributed by atoms with Gasteiger partial charge in [-0.05, 0) is 19.3 Å². The van der Waals surface area contributed by atoms with Crippen LogP contribution < -0.4 is 5.73 Å². The third kappa shape index (κ3) is 1.26. The van der Waals surface area contributed by atoms with Crippen LogP contribution in [0.4, 0.5) is 0 Å². The molecule has 3 nitrogen and oxygen atoms in total. The van der Waals surface area contributed by atoms with Gasteiger partial charge in [-0.1, -0.05) is 0 Å². The molecule has 3 heteroatoms. The van der Waals surface area contributed by atoms with Gasteiger partial charge in [0.1, 0.15) is 0 Å². The number of methoxy groups -OCH3 is 1. The molecule has 0 unspecified atom stereocenters. The normalized spacial score (nSPS) is 43.2. The highest BCUT2D eigenvalue weighted by atomic mass is 16.5. The molecule has 0 aromatic heterocycles. The quantitative estimate of drug-likeness (QED) is 0.603. The zero-order valence-electron chi connectivity index (χ0n) is 8.27. The maximum atomic E-state index is 11.6. The van der Waals surface area contributed by atoms with Crippen LogP contribution in [0.1, 0.15) is 38.5 Å². The van der Waals surface area contributed by atoms with Crippen LogP contribution in [0, 0.1) is 5.41 Å². The minimum Gasteiger partial charge on any atom is -0.469 e. The lowest BCUT2D eigenvalue weighted by Crippen LogP contribution is -2.76. The molecule has 0 amide bonds. The molecule has 2 bridgehead atoms. The molecular weight excluding hydrogens is 166 g/mol. The number of quaternary nitrogens is 1. The van der Waals surface area contributed by atoms with E-state index in [9.17, 15) is 4.79 Å². The predicted octanol–water partition coefficient (Wildman–Crippen LogP) is 0.494. The van der Waals surface area contributed by atoms with E-state index in [1.165, 1.54) is 7.11 Å². The first-order chi connectivity index (χ1) is 6.10. The van der Waals surface area contributed by atoms with Crippen LogP contribution in [0.15, 0.2) is 0 Å². The number of fused-ring (bicyclic) bond motifs is 3. The molecule has 3 saturated carbocycles. The van der Waals surface area contributed by atoms with Gasteiger partial charge in [-0.15, -0.1) is 0 Å². The van der Waals surface area contributed by atoms with Gasteiger partial charge in [0.2, 0.25) is 0 Å². The molecule has 0 atom stereocenters. The molecule has 3 aliphatic rings. The second-order valence-electron chi connectivity index (χ2n) is 4.77. The van der Waals surface area contributed by atoms with Crippen LogP contribution in [-0.4, -0.2) is 18.6 Å². The maximum absolute atomic E-state index is 11.6. The van der Waals surface area contributed by atoms with Crippen molar-refractivity contribution in [1.29, 1.82) is 0 Å². The summed E-state index contributed by atoms with van der Waals surface area (Å²) in [5, 5.41) is 0. The van der Waals surface area contributed by atoms with Crippen molar-refractivity contribution in [2.75, 3.05) is 7.11 Å². The van der Waals surface area contributed by atoms with Gasteiger partial charge in [-0.25, -0.2) is 0 Å². The summed E-state index contributed by atoms with van der Waals surface area (Å²) in [5.41, 5.74) is 4.41. The van der Waals surface area contributed by atoms with Gasteiger partial charge >= 0.3 is 5.97 Å². The van der Waals surface area contributed by atoms with Crippen LogP contribution in [0.2, 0.25) is 0 Å². The van der Waals surface area contributed by atoms with E-state index in [0.717, 1.165) is 38.5 Å². The second-order valence-corrected chi connectivity index (χ2v) is 4.77. The molecule has 0 heterocycles. The lowest BCUT2D eigenvalue weighted by atomic mass is 9.57. The molecule has 0 aliphatic heterocycles. The molecule has 3 aliphatic carbocycles. The number of carbonyl (C=O) groups is 1. The van der Waals surface area contributed by atoms with E-state index in [4.69, 9.17) is 4.74 Å². The van der Waals surface area contributed by atoms with E-state index in [-0.39, 0.29) is 16.9 Å². The SMILES string of the molecule is COC(=O)C12CCC([NH3+])(CC1)CC2. The van der Waals surface area contributed by atoms with Crippen molar-refractivity contribution in [1.82, 2.24) is 0 Å². The van der Waals surface area contributed by atoms with Crippen LogP contribution in [0.5, 0.6) is 0 Å². The minimum absolute atomic E-state index is 0.00856. The van der Waals surface area contributed by atoms with Gasteiger partial charge in [0.25, 0.3) is 0 Å². The Kier molecular flexibility index (Phi) is 1.88. The van der Waals surface area contributed by atoms with Crippen LogP contribution in [-0.2, 0) is 9.53 Å². The van der Waals surface area contributed by atoms with Crippen LogP contribution in [0.25, 0.3) is 0 Å². The lowest BCUT2D eigenvalue weighted by molar-refractivity contribution is -0.496. The Morgan fingerprint density at radius 2 is 1.62 bits per heavy atom. The van der Waals surface area contributed by atoms with Gasteiger partial charge in [0, 0.05) is 19.3 Å². The van der Waals surface area contributed by atoms with Crippen molar-refractivity contribution in [3.63, 3.8) is 0 Å². The van der Waals surface area contributed by atoms with Crippen molar-refractivity contribution in [2.24, 2.45) is 5.41 Å². The first kappa shape index (κ1) is 9.00. The highest BCUT2D eigenvalue weighted by Gasteiger charge is 2.53. The summed E-state index contributed by atoms with van der Waals surface area (Å²) in [6, 6.07) is 0. The molecule has 3 N–H and O–H groups in total. The molecule has 3 fully saturated rings. The molecule has 13 heavy (non-hydrogen) atoms. The Hall–Kier alpha value is -0.570. The number of carbonyl (C=O) groups excluding carboxylic acids is 1. The molecule has 0 aromatic rings. The van der Waals surface area contributed by atoms with E-state index in [0.29, 0.717) is 0 Å². The fourth-order valence-corrected chi connectivity index (χ4v) is 2.79. The standard InChI is InChI=1S/C10H17NO2/c1-13-8(12)9-2-5-10(11,6-3-9)7-4-9/h2-7,11H2,1H3/p+1. The van der Waals surface area contributed by atoms with Crippen molar-refractivity contribution in [2.45, 2.75) is 44.1 Å². The molecule has 0 radical (unpaired) electrons. The minimum atomic E-state index is -0.131.